The van der Waals surface area contributed by atoms with Gasteiger partial charge in [0.1, 0.15) is 17.2 Å². The van der Waals surface area contributed by atoms with E-state index in [1.54, 1.807) is 4.90 Å². The van der Waals surface area contributed by atoms with Crippen LogP contribution in [0.15, 0.2) is 48.5 Å². The SMILES string of the molecule is CC.CC.CC.CC(=O)CCC(=O)N1Cc2ccccc2-c2n[nH]nc2-c2ccccc21. The van der Waals surface area contributed by atoms with Crippen molar-refractivity contribution in [3.05, 3.63) is 54.1 Å². The molecule has 2 aromatic carbocycles. The zero-order valence-electron chi connectivity index (χ0n) is 20.4. The number of aromatic nitrogens is 3. The molecule has 0 saturated heterocycles. The maximum absolute atomic E-state index is 12.9. The highest BCUT2D eigenvalue weighted by Crippen LogP contribution is 2.39. The van der Waals surface area contributed by atoms with Gasteiger partial charge in [0.2, 0.25) is 5.91 Å². The van der Waals surface area contributed by atoms with Crippen LogP contribution < -0.4 is 4.90 Å². The maximum Gasteiger partial charge on any atom is 0.227 e. The molecule has 0 bridgehead atoms. The van der Waals surface area contributed by atoms with E-state index in [2.05, 4.69) is 15.4 Å². The molecule has 0 saturated carbocycles. The van der Waals surface area contributed by atoms with Gasteiger partial charge in [-0.3, -0.25) is 4.79 Å². The lowest BCUT2D eigenvalue weighted by Gasteiger charge is -2.28. The molecule has 0 atom stereocenters. The zero-order chi connectivity index (χ0) is 24.1. The first-order valence-electron chi connectivity index (χ1n) is 11.5. The first-order chi connectivity index (χ1) is 15.6. The number of fused-ring (bicyclic) bond motifs is 5. The Morgan fingerprint density at radius 3 is 1.97 bits per heavy atom. The van der Waals surface area contributed by atoms with Crippen LogP contribution in [0.25, 0.3) is 22.5 Å². The Kier molecular flexibility index (Phi) is 11.6. The number of hydrogen-bond acceptors (Lipinski definition) is 4. The van der Waals surface area contributed by atoms with Crippen LogP contribution in [-0.4, -0.2) is 27.1 Å². The lowest BCUT2D eigenvalue weighted by molar-refractivity contribution is -0.123. The summed E-state index contributed by atoms with van der Waals surface area (Å²) in [5.74, 6) is -0.0627. The highest BCUT2D eigenvalue weighted by molar-refractivity contribution is 6.01. The summed E-state index contributed by atoms with van der Waals surface area (Å²) in [5, 5.41) is 11.4. The fourth-order valence-corrected chi connectivity index (χ4v) is 3.30. The van der Waals surface area contributed by atoms with Gasteiger partial charge in [-0.15, -0.1) is 0 Å². The molecule has 4 rings (SSSR count). The highest BCUT2D eigenvalue weighted by atomic mass is 16.2. The summed E-state index contributed by atoms with van der Waals surface area (Å²) in [6.45, 7) is 13.9. The third kappa shape index (κ3) is 6.13. The molecular weight excluding hydrogens is 400 g/mol. The molecule has 0 aliphatic carbocycles. The van der Waals surface area contributed by atoms with Crippen molar-refractivity contribution in [2.24, 2.45) is 0 Å². The quantitative estimate of drug-likeness (QED) is 0.513. The smallest absolute Gasteiger partial charge is 0.227 e. The van der Waals surface area contributed by atoms with Crippen LogP contribution in [0.4, 0.5) is 5.69 Å². The number of H-pyrrole nitrogens is 1. The molecule has 0 radical (unpaired) electrons. The molecule has 6 nitrogen and oxygen atoms in total. The monoisotopic (exact) mass is 436 g/mol. The largest absolute Gasteiger partial charge is 0.307 e. The minimum atomic E-state index is -0.0746. The van der Waals surface area contributed by atoms with Gasteiger partial charge in [-0.1, -0.05) is 84.0 Å². The average molecular weight is 437 g/mol. The second-order valence-corrected chi connectivity index (χ2v) is 6.38. The summed E-state index contributed by atoms with van der Waals surface area (Å²) in [4.78, 5) is 26.0. The summed E-state index contributed by atoms with van der Waals surface area (Å²) in [7, 11) is 0. The molecule has 0 unspecified atom stereocenters. The van der Waals surface area contributed by atoms with E-state index < -0.39 is 0 Å². The minimum absolute atomic E-state index is 0.0119. The van der Waals surface area contributed by atoms with E-state index in [1.165, 1.54) is 6.92 Å². The Morgan fingerprint density at radius 1 is 0.812 bits per heavy atom. The maximum atomic E-state index is 12.9. The fraction of sp³-hybridized carbons (Fsp3) is 0.385. The van der Waals surface area contributed by atoms with E-state index in [-0.39, 0.29) is 24.5 Å². The number of nitrogens with one attached hydrogen (secondary N) is 1. The Bertz CT molecular complexity index is 995. The van der Waals surface area contributed by atoms with Crippen molar-refractivity contribution in [3.63, 3.8) is 0 Å². The fourth-order valence-electron chi connectivity index (χ4n) is 3.30. The number of anilines is 1. The van der Waals surface area contributed by atoms with Crippen LogP contribution >= 0.6 is 0 Å². The van der Waals surface area contributed by atoms with Crippen molar-refractivity contribution in [3.8, 4) is 22.5 Å². The minimum Gasteiger partial charge on any atom is -0.307 e. The number of ketones is 1. The summed E-state index contributed by atoms with van der Waals surface area (Å²) in [6, 6.07) is 15.6. The number of carbonyl (C=O) groups is 2. The molecule has 1 aromatic heterocycles. The molecule has 6 heteroatoms. The summed E-state index contributed by atoms with van der Waals surface area (Å²) < 4.78 is 0. The zero-order valence-corrected chi connectivity index (χ0v) is 20.4. The van der Waals surface area contributed by atoms with Crippen molar-refractivity contribution < 1.29 is 9.59 Å². The van der Waals surface area contributed by atoms with Crippen molar-refractivity contribution >= 4 is 17.4 Å². The summed E-state index contributed by atoms with van der Waals surface area (Å²) in [6.07, 6.45) is 0.436. The number of amides is 1. The first-order valence-corrected chi connectivity index (χ1v) is 11.5. The number of aromatic amines is 1. The van der Waals surface area contributed by atoms with Crippen molar-refractivity contribution in [2.75, 3.05) is 4.90 Å². The van der Waals surface area contributed by atoms with Gasteiger partial charge in [0.25, 0.3) is 0 Å². The molecule has 172 valence electrons. The normalized spacial score (nSPS) is 10.7. The molecule has 1 amide bonds. The highest BCUT2D eigenvalue weighted by Gasteiger charge is 2.27. The molecule has 1 N–H and O–H groups in total. The van der Waals surface area contributed by atoms with Crippen LogP contribution in [0.2, 0.25) is 0 Å². The molecule has 0 fully saturated rings. The Hall–Kier alpha value is -3.28. The van der Waals surface area contributed by atoms with Gasteiger partial charge in [-0.05, 0) is 18.6 Å². The Labute approximate surface area is 192 Å². The van der Waals surface area contributed by atoms with E-state index in [0.717, 1.165) is 33.8 Å². The van der Waals surface area contributed by atoms with Gasteiger partial charge in [0.15, 0.2) is 0 Å². The van der Waals surface area contributed by atoms with Gasteiger partial charge in [0.05, 0.1) is 12.2 Å². The average Bonchev–Trinajstić information content (AvgIpc) is 3.33. The molecule has 1 aliphatic rings. The number of benzene rings is 2. The predicted molar refractivity (Wildman–Crippen MR) is 132 cm³/mol. The second-order valence-electron chi connectivity index (χ2n) is 6.38. The van der Waals surface area contributed by atoms with E-state index in [1.807, 2.05) is 90.1 Å². The number of rotatable bonds is 3. The van der Waals surface area contributed by atoms with Crippen molar-refractivity contribution in [1.29, 1.82) is 0 Å². The third-order valence-electron chi connectivity index (χ3n) is 4.59. The molecule has 0 spiro atoms. The standard InChI is InChI=1S/C20H18N4O2.3C2H6/c1-13(25)10-11-18(26)24-12-14-6-2-3-7-15(14)19-20(22-23-21-19)16-8-4-5-9-17(16)24;3*1-2/h2-9H,10-12H2,1H3,(H,21,22,23);3*1-2H3. The summed E-state index contributed by atoms with van der Waals surface area (Å²) in [5.41, 5.74) is 5.08. The number of carbonyl (C=O) groups excluding carboxylic acids is 2. The second kappa shape index (κ2) is 13.9. The topological polar surface area (TPSA) is 79.0 Å². The summed E-state index contributed by atoms with van der Waals surface area (Å²) >= 11 is 0. The molecule has 3 aromatic rings. The van der Waals surface area contributed by atoms with Crippen LogP contribution in [0.5, 0.6) is 0 Å². The van der Waals surface area contributed by atoms with Crippen LogP contribution in [0.3, 0.4) is 0 Å². The van der Waals surface area contributed by atoms with Crippen molar-refractivity contribution in [1.82, 2.24) is 15.4 Å². The molecule has 1 aliphatic heterocycles. The number of Topliss-reactive ketones (excluding diaryl/α,β-unsaturated/α-hetero) is 1. The van der Waals surface area contributed by atoms with E-state index in [9.17, 15) is 9.59 Å². The van der Waals surface area contributed by atoms with Crippen LogP contribution in [0, 0.1) is 0 Å². The van der Waals surface area contributed by atoms with Crippen LogP contribution in [-0.2, 0) is 16.1 Å². The molecule has 32 heavy (non-hydrogen) atoms. The Morgan fingerprint density at radius 2 is 1.34 bits per heavy atom. The lowest BCUT2D eigenvalue weighted by atomic mass is 9.95. The number of nitrogens with zero attached hydrogens (tertiary/aromatic N) is 3. The lowest BCUT2D eigenvalue weighted by Crippen LogP contribution is -2.31. The van der Waals surface area contributed by atoms with E-state index in [4.69, 9.17) is 0 Å². The van der Waals surface area contributed by atoms with Gasteiger partial charge >= 0.3 is 0 Å². The number of para-hydroxylation sites is 1. The van der Waals surface area contributed by atoms with E-state index in [0.29, 0.717) is 6.54 Å². The Balaban J connectivity index is 0.000000789. The van der Waals surface area contributed by atoms with Gasteiger partial charge in [-0.2, -0.15) is 15.4 Å². The molecule has 2 heterocycles. The van der Waals surface area contributed by atoms with Gasteiger partial charge in [-0.25, -0.2) is 0 Å². The predicted octanol–water partition coefficient (Wildman–Crippen LogP) is 6.43. The molecular formula is C26H36N4O2. The van der Waals surface area contributed by atoms with Gasteiger partial charge < -0.3 is 9.69 Å². The van der Waals surface area contributed by atoms with Crippen LogP contribution in [0.1, 0.15) is 66.9 Å². The third-order valence-corrected chi connectivity index (χ3v) is 4.59. The van der Waals surface area contributed by atoms with Crippen molar-refractivity contribution in [2.45, 2.75) is 67.9 Å². The number of hydrogen-bond donors (Lipinski definition) is 1. The first kappa shape index (κ1) is 26.8. The van der Waals surface area contributed by atoms with E-state index >= 15 is 0 Å². The van der Waals surface area contributed by atoms with Gasteiger partial charge in [0, 0.05) is 24.0 Å².